The topological polar surface area (TPSA) is 75.6 Å². The molecule has 0 saturated heterocycles. The van der Waals surface area contributed by atoms with E-state index < -0.39 is 17.4 Å². The summed E-state index contributed by atoms with van der Waals surface area (Å²) in [5.74, 6) is -1.69. The molecule has 1 fully saturated rings. The number of carboxylic acid groups (broad SMARTS) is 1. The van der Waals surface area contributed by atoms with Gasteiger partial charge >= 0.3 is 11.9 Å². The van der Waals surface area contributed by atoms with E-state index in [1.54, 1.807) is 6.92 Å². The van der Waals surface area contributed by atoms with Gasteiger partial charge in [0, 0.05) is 12.6 Å². The van der Waals surface area contributed by atoms with Crippen molar-refractivity contribution in [1.82, 2.24) is 5.32 Å². The average Bonchev–Trinajstić information content (AvgIpc) is 2.93. The second-order valence-corrected chi connectivity index (χ2v) is 5.91. The van der Waals surface area contributed by atoms with Crippen molar-refractivity contribution in [2.75, 3.05) is 6.61 Å². The van der Waals surface area contributed by atoms with Crippen molar-refractivity contribution in [2.24, 2.45) is 5.41 Å². The lowest BCUT2D eigenvalue weighted by Crippen LogP contribution is -2.40. The smallest absolute Gasteiger partial charge is 0.323 e. The average molecular weight is 305 g/mol. The Kier molecular flexibility index (Phi) is 5.19. The molecule has 2 atom stereocenters. The highest BCUT2D eigenvalue weighted by Gasteiger charge is 2.52. The van der Waals surface area contributed by atoms with Crippen molar-refractivity contribution in [1.29, 1.82) is 0 Å². The molecule has 1 aliphatic rings. The number of carboxylic acids is 1. The number of carbonyl (C=O) groups is 2. The molecule has 2 unspecified atom stereocenters. The SMILES string of the molecule is CCOC(=O)C1(C(=O)O)CCC(NCc2ccc(C)cc2)C1. The fourth-order valence-electron chi connectivity index (χ4n) is 2.92. The van der Waals surface area contributed by atoms with Crippen molar-refractivity contribution in [3.63, 3.8) is 0 Å². The Morgan fingerprint density at radius 3 is 2.64 bits per heavy atom. The molecule has 2 rings (SSSR count). The number of esters is 1. The van der Waals surface area contributed by atoms with E-state index >= 15 is 0 Å². The van der Waals surface area contributed by atoms with Crippen LogP contribution in [0, 0.1) is 12.3 Å². The normalized spacial score (nSPS) is 24.2. The summed E-state index contributed by atoms with van der Waals surface area (Å²) < 4.78 is 4.97. The zero-order valence-electron chi connectivity index (χ0n) is 13.1. The van der Waals surface area contributed by atoms with Gasteiger partial charge in [-0.1, -0.05) is 29.8 Å². The first-order chi connectivity index (χ1) is 10.5. The molecule has 0 spiro atoms. The third kappa shape index (κ3) is 3.47. The third-order valence-electron chi connectivity index (χ3n) is 4.31. The van der Waals surface area contributed by atoms with Crippen molar-refractivity contribution >= 4 is 11.9 Å². The maximum absolute atomic E-state index is 12.0. The van der Waals surface area contributed by atoms with Gasteiger partial charge in [0.1, 0.15) is 0 Å². The van der Waals surface area contributed by atoms with Crippen LogP contribution in [0.4, 0.5) is 0 Å². The summed E-state index contributed by atoms with van der Waals surface area (Å²) in [6, 6.07) is 8.21. The molecule has 0 aromatic heterocycles. The molecule has 120 valence electrons. The number of ether oxygens (including phenoxy) is 1. The zero-order valence-corrected chi connectivity index (χ0v) is 13.1. The molecule has 0 amide bonds. The number of aryl methyl sites for hydroxylation is 1. The Morgan fingerprint density at radius 1 is 1.36 bits per heavy atom. The summed E-state index contributed by atoms with van der Waals surface area (Å²) in [5.41, 5.74) is 0.965. The fourth-order valence-corrected chi connectivity index (χ4v) is 2.92. The minimum atomic E-state index is -1.39. The molecular formula is C17H23NO4. The first kappa shape index (κ1) is 16.5. The van der Waals surface area contributed by atoms with Crippen LogP contribution in [0.1, 0.15) is 37.3 Å². The molecular weight excluding hydrogens is 282 g/mol. The molecule has 0 radical (unpaired) electrons. The number of benzene rings is 1. The highest BCUT2D eigenvalue weighted by molar-refractivity contribution is 5.99. The van der Waals surface area contributed by atoms with Crippen LogP contribution in [0.5, 0.6) is 0 Å². The van der Waals surface area contributed by atoms with Crippen molar-refractivity contribution < 1.29 is 19.4 Å². The van der Waals surface area contributed by atoms with Gasteiger partial charge in [0.2, 0.25) is 0 Å². The van der Waals surface area contributed by atoms with E-state index in [0.717, 1.165) is 5.56 Å². The summed E-state index contributed by atoms with van der Waals surface area (Å²) >= 11 is 0. The highest BCUT2D eigenvalue weighted by atomic mass is 16.5. The molecule has 0 heterocycles. The van der Waals surface area contributed by atoms with Crippen LogP contribution >= 0.6 is 0 Å². The molecule has 22 heavy (non-hydrogen) atoms. The number of carbonyl (C=O) groups excluding carboxylic acids is 1. The zero-order chi connectivity index (χ0) is 16.2. The number of hydrogen-bond acceptors (Lipinski definition) is 4. The van der Waals surface area contributed by atoms with Gasteiger partial charge in [-0.25, -0.2) is 0 Å². The van der Waals surface area contributed by atoms with E-state index in [4.69, 9.17) is 4.74 Å². The summed E-state index contributed by atoms with van der Waals surface area (Å²) in [5, 5.41) is 12.8. The van der Waals surface area contributed by atoms with Gasteiger partial charge in [0.25, 0.3) is 0 Å². The van der Waals surface area contributed by atoms with Crippen LogP contribution in [0.15, 0.2) is 24.3 Å². The van der Waals surface area contributed by atoms with E-state index in [0.29, 0.717) is 19.4 Å². The van der Waals surface area contributed by atoms with E-state index in [1.807, 2.05) is 31.2 Å². The van der Waals surface area contributed by atoms with Crippen molar-refractivity contribution in [2.45, 2.75) is 45.7 Å². The Labute approximate surface area is 130 Å². The fraction of sp³-hybridized carbons (Fsp3) is 0.529. The first-order valence-corrected chi connectivity index (χ1v) is 7.67. The lowest BCUT2D eigenvalue weighted by Gasteiger charge is -2.22. The highest BCUT2D eigenvalue weighted by Crippen LogP contribution is 2.40. The summed E-state index contributed by atoms with van der Waals surface area (Å²) in [7, 11) is 0. The van der Waals surface area contributed by atoms with Gasteiger partial charge < -0.3 is 15.2 Å². The van der Waals surface area contributed by atoms with Crippen LogP contribution in [0.2, 0.25) is 0 Å². The van der Waals surface area contributed by atoms with Gasteiger partial charge in [-0.2, -0.15) is 0 Å². The van der Waals surface area contributed by atoms with E-state index in [-0.39, 0.29) is 19.1 Å². The third-order valence-corrected chi connectivity index (χ3v) is 4.31. The Morgan fingerprint density at radius 2 is 2.05 bits per heavy atom. The van der Waals surface area contributed by atoms with E-state index in [2.05, 4.69) is 5.32 Å². The molecule has 1 aliphatic carbocycles. The van der Waals surface area contributed by atoms with Gasteiger partial charge in [0.05, 0.1) is 6.61 Å². The van der Waals surface area contributed by atoms with Crippen molar-refractivity contribution in [3.8, 4) is 0 Å². The van der Waals surface area contributed by atoms with Crippen molar-refractivity contribution in [3.05, 3.63) is 35.4 Å². The molecule has 1 aromatic carbocycles. The molecule has 1 aromatic rings. The molecule has 0 bridgehead atoms. The largest absolute Gasteiger partial charge is 0.480 e. The number of rotatable bonds is 6. The van der Waals surface area contributed by atoms with Gasteiger partial charge in [-0.05, 0) is 38.7 Å². The predicted molar refractivity (Wildman–Crippen MR) is 82.4 cm³/mol. The van der Waals surface area contributed by atoms with Crippen LogP contribution in [0.25, 0.3) is 0 Å². The maximum atomic E-state index is 12.0. The van der Waals surface area contributed by atoms with E-state index in [9.17, 15) is 14.7 Å². The maximum Gasteiger partial charge on any atom is 0.323 e. The minimum absolute atomic E-state index is 0.0156. The van der Waals surface area contributed by atoms with Crippen LogP contribution in [-0.2, 0) is 20.9 Å². The number of nitrogens with one attached hydrogen (secondary N) is 1. The minimum Gasteiger partial charge on any atom is -0.480 e. The quantitative estimate of drug-likeness (QED) is 0.623. The standard InChI is InChI=1S/C17H23NO4/c1-3-22-16(21)17(15(19)20)9-8-14(10-17)18-11-13-6-4-12(2)5-7-13/h4-7,14,18H,3,8-11H2,1-2H3,(H,19,20). The Balaban J connectivity index is 1.96. The predicted octanol–water partition coefficient (Wildman–Crippen LogP) is 2.27. The van der Waals surface area contributed by atoms with Crippen LogP contribution in [0.3, 0.4) is 0 Å². The lowest BCUT2D eigenvalue weighted by atomic mass is 9.86. The molecule has 0 aliphatic heterocycles. The molecule has 5 heteroatoms. The second kappa shape index (κ2) is 6.92. The summed E-state index contributed by atoms with van der Waals surface area (Å²) in [4.78, 5) is 23.6. The van der Waals surface area contributed by atoms with Gasteiger partial charge in [0.15, 0.2) is 5.41 Å². The Bertz CT molecular complexity index is 540. The lowest BCUT2D eigenvalue weighted by molar-refractivity contribution is -0.168. The first-order valence-electron chi connectivity index (χ1n) is 7.67. The Hall–Kier alpha value is -1.88. The summed E-state index contributed by atoms with van der Waals surface area (Å²) in [6.07, 6.45) is 1.27. The van der Waals surface area contributed by atoms with Crippen LogP contribution in [-0.4, -0.2) is 29.7 Å². The molecule has 5 nitrogen and oxygen atoms in total. The van der Waals surface area contributed by atoms with Crippen LogP contribution < -0.4 is 5.32 Å². The molecule has 1 saturated carbocycles. The summed E-state index contributed by atoms with van der Waals surface area (Å²) in [6.45, 7) is 4.60. The van der Waals surface area contributed by atoms with E-state index in [1.165, 1.54) is 5.56 Å². The van der Waals surface area contributed by atoms with Gasteiger partial charge in [-0.15, -0.1) is 0 Å². The number of hydrogen-bond donors (Lipinski definition) is 2. The second-order valence-electron chi connectivity index (χ2n) is 5.91. The monoisotopic (exact) mass is 305 g/mol. The van der Waals surface area contributed by atoms with Gasteiger partial charge in [-0.3, -0.25) is 9.59 Å². The number of aliphatic carboxylic acids is 1. The molecule has 2 N–H and O–H groups in total.